The number of hydrogen-bond donors (Lipinski definition) is 7. The molecule has 2 aliphatic heterocycles. The summed E-state index contributed by atoms with van der Waals surface area (Å²) < 4.78 is 33.6. The third-order valence-electron chi connectivity index (χ3n) is 12.8. The fourth-order valence-electron chi connectivity index (χ4n) is 8.32. The third-order valence-corrected chi connectivity index (χ3v) is 12.8. The summed E-state index contributed by atoms with van der Waals surface area (Å²) in [6, 6.07) is 0. The molecule has 0 bridgehead atoms. The van der Waals surface area contributed by atoms with Crippen LogP contribution >= 0.6 is 0 Å². The standard InChI is InChI=1S/C55H96O15/c1-3-5-7-9-11-13-15-17-19-20-21-22-24-26-28-30-32-34-36-38-47(58)68-43(40-65-46(57)37-35-33-31-29-27-25-23-18-16-14-12-10-8-6-4-2)41-66-54-53(64)51(62)49(60)45(70-54)42-67-55-52(63)50(61)48(59)44(39-56)69-55/h11,13,17,19,21-22,26,28,43-45,48-56,59-64H,3-10,12,14-16,18,20,23-25,27,29-42H2,1-2H3/b13-11+,19-17+,22-21+,28-26+/t43-,44+,45+,48-,49-,50?,51?,52?,53?,54+,55+/m1/s1. The number of carbonyl (C=O) groups is 2. The maximum Gasteiger partial charge on any atom is 0.306 e. The number of carbonyl (C=O) groups excluding carboxylic acids is 2. The molecule has 2 rings (SSSR count). The van der Waals surface area contributed by atoms with Crippen molar-refractivity contribution in [2.45, 2.75) is 261 Å². The Bertz CT molecular complexity index is 1400. The van der Waals surface area contributed by atoms with Crippen molar-refractivity contribution in [3.05, 3.63) is 48.6 Å². The zero-order valence-corrected chi connectivity index (χ0v) is 43.0. The first-order valence-electron chi connectivity index (χ1n) is 27.2. The predicted octanol–water partition coefficient (Wildman–Crippen LogP) is 8.27. The van der Waals surface area contributed by atoms with Gasteiger partial charge < -0.3 is 64.2 Å². The van der Waals surface area contributed by atoms with Gasteiger partial charge in [-0.25, -0.2) is 0 Å². The molecule has 70 heavy (non-hydrogen) atoms. The van der Waals surface area contributed by atoms with E-state index in [1.54, 1.807) is 0 Å². The molecule has 406 valence electrons. The molecular weight excluding hydrogens is 901 g/mol. The molecule has 0 aromatic heterocycles. The molecule has 4 unspecified atom stereocenters. The number of allylic oxidation sites excluding steroid dienone is 8. The second-order valence-corrected chi connectivity index (χ2v) is 19.1. The van der Waals surface area contributed by atoms with E-state index in [2.05, 4.69) is 62.5 Å². The third kappa shape index (κ3) is 29.2. The molecule has 2 aliphatic rings. The first kappa shape index (κ1) is 63.6. The Labute approximate surface area is 420 Å². The largest absolute Gasteiger partial charge is 0.462 e. The van der Waals surface area contributed by atoms with Crippen molar-refractivity contribution in [1.82, 2.24) is 0 Å². The van der Waals surface area contributed by atoms with Crippen molar-refractivity contribution in [2.75, 3.05) is 26.4 Å². The number of ether oxygens (including phenoxy) is 6. The van der Waals surface area contributed by atoms with Gasteiger partial charge in [-0.1, -0.05) is 172 Å². The summed E-state index contributed by atoms with van der Waals surface area (Å²) in [4.78, 5) is 25.8. The molecule has 0 aromatic rings. The van der Waals surface area contributed by atoms with E-state index in [-0.39, 0.29) is 19.4 Å². The van der Waals surface area contributed by atoms with Crippen molar-refractivity contribution < 1.29 is 73.8 Å². The summed E-state index contributed by atoms with van der Waals surface area (Å²) in [7, 11) is 0. The first-order chi connectivity index (χ1) is 34.0. The van der Waals surface area contributed by atoms with E-state index in [4.69, 9.17) is 28.4 Å². The van der Waals surface area contributed by atoms with Gasteiger partial charge in [-0.15, -0.1) is 0 Å². The molecule has 7 N–H and O–H groups in total. The Hall–Kier alpha value is -2.54. The maximum atomic E-state index is 13.0. The number of esters is 2. The lowest BCUT2D eigenvalue weighted by Gasteiger charge is -2.42. The number of hydrogen-bond acceptors (Lipinski definition) is 15. The van der Waals surface area contributed by atoms with Crippen LogP contribution in [0.5, 0.6) is 0 Å². The monoisotopic (exact) mass is 997 g/mol. The average molecular weight is 997 g/mol. The van der Waals surface area contributed by atoms with Crippen LogP contribution in [0.1, 0.15) is 194 Å². The van der Waals surface area contributed by atoms with Gasteiger partial charge in [0.15, 0.2) is 18.7 Å². The van der Waals surface area contributed by atoms with Crippen LogP contribution in [0.3, 0.4) is 0 Å². The van der Waals surface area contributed by atoms with Crippen molar-refractivity contribution in [2.24, 2.45) is 0 Å². The van der Waals surface area contributed by atoms with Crippen LogP contribution in [0.4, 0.5) is 0 Å². The van der Waals surface area contributed by atoms with Crippen LogP contribution in [0.2, 0.25) is 0 Å². The van der Waals surface area contributed by atoms with Gasteiger partial charge in [-0.05, 0) is 57.8 Å². The van der Waals surface area contributed by atoms with E-state index in [1.165, 1.54) is 89.9 Å². The molecular formula is C55H96O15. The zero-order valence-electron chi connectivity index (χ0n) is 43.0. The summed E-state index contributed by atoms with van der Waals surface area (Å²) in [6.07, 6.45) is 29.9. The normalized spacial score (nSPS) is 25.7. The second-order valence-electron chi connectivity index (χ2n) is 19.1. The maximum absolute atomic E-state index is 13.0. The van der Waals surface area contributed by atoms with Gasteiger partial charge in [-0.3, -0.25) is 9.59 Å². The Morgan fingerprint density at radius 1 is 0.457 bits per heavy atom. The predicted molar refractivity (Wildman–Crippen MR) is 270 cm³/mol. The van der Waals surface area contributed by atoms with Crippen molar-refractivity contribution in [1.29, 1.82) is 0 Å². The zero-order chi connectivity index (χ0) is 51.0. The van der Waals surface area contributed by atoms with E-state index >= 15 is 0 Å². The summed E-state index contributed by atoms with van der Waals surface area (Å²) in [5.74, 6) is -0.957. The topological polar surface area (TPSA) is 231 Å². The lowest BCUT2D eigenvalue weighted by molar-refractivity contribution is -0.332. The molecule has 11 atom stereocenters. The lowest BCUT2D eigenvalue weighted by Crippen LogP contribution is -2.61. The van der Waals surface area contributed by atoms with E-state index in [9.17, 15) is 45.3 Å². The molecule has 15 nitrogen and oxygen atoms in total. The number of unbranched alkanes of at least 4 members (excludes halogenated alkanes) is 20. The molecule has 0 saturated carbocycles. The van der Waals surface area contributed by atoms with Crippen LogP contribution in [0.25, 0.3) is 0 Å². The van der Waals surface area contributed by atoms with Crippen molar-refractivity contribution in [3.8, 4) is 0 Å². The van der Waals surface area contributed by atoms with Crippen LogP contribution in [-0.4, -0.2) is 142 Å². The summed E-state index contributed by atoms with van der Waals surface area (Å²) >= 11 is 0. The summed E-state index contributed by atoms with van der Waals surface area (Å²) in [5.41, 5.74) is 0. The quantitative estimate of drug-likeness (QED) is 0.0173. The lowest BCUT2D eigenvalue weighted by atomic mass is 9.98. The number of rotatable bonds is 42. The highest BCUT2D eigenvalue weighted by Gasteiger charge is 2.47. The molecule has 2 saturated heterocycles. The Balaban J connectivity index is 1.81. The van der Waals surface area contributed by atoms with E-state index in [0.29, 0.717) is 12.8 Å². The molecule has 0 aromatic carbocycles. The molecule has 2 heterocycles. The molecule has 15 heteroatoms. The Kier molecular flexibility index (Phi) is 38.0. The van der Waals surface area contributed by atoms with Gasteiger partial charge >= 0.3 is 11.9 Å². The average Bonchev–Trinajstić information content (AvgIpc) is 3.35. The Morgan fingerprint density at radius 2 is 0.857 bits per heavy atom. The van der Waals surface area contributed by atoms with E-state index < -0.39 is 99.3 Å². The van der Waals surface area contributed by atoms with Gasteiger partial charge in [0.1, 0.15) is 55.4 Å². The molecule has 2 fully saturated rings. The van der Waals surface area contributed by atoms with Crippen LogP contribution in [-0.2, 0) is 38.0 Å². The van der Waals surface area contributed by atoms with Crippen molar-refractivity contribution >= 4 is 11.9 Å². The SMILES string of the molecule is CCCCC/C=C/C/C=C/C/C=C/C/C=C/CCCCCC(=O)O[C@H](COC(=O)CCCCCCCCCCCCCCCCC)CO[C@H]1O[C@@H](CO[C@H]2O[C@@H](CO)[C@@H](O)C(O)C2O)[C@@H](O)C(O)C1O. The van der Waals surface area contributed by atoms with Gasteiger partial charge in [-0.2, -0.15) is 0 Å². The minimum absolute atomic E-state index is 0.128. The highest BCUT2D eigenvalue weighted by Crippen LogP contribution is 2.26. The molecule has 0 spiro atoms. The van der Waals surface area contributed by atoms with Crippen molar-refractivity contribution in [3.63, 3.8) is 0 Å². The van der Waals surface area contributed by atoms with E-state index in [0.717, 1.165) is 64.2 Å². The summed E-state index contributed by atoms with van der Waals surface area (Å²) in [5, 5.41) is 72.2. The van der Waals surface area contributed by atoms with Gasteiger partial charge in [0.2, 0.25) is 0 Å². The first-order valence-corrected chi connectivity index (χ1v) is 27.2. The minimum Gasteiger partial charge on any atom is -0.462 e. The van der Waals surface area contributed by atoms with Gasteiger partial charge in [0, 0.05) is 12.8 Å². The van der Waals surface area contributed by atoms with Crippen LogP contribution in [0, 0.1) is 0 Å². The number of aliphatic hydroxyl groups excluding tert-OH is 7. The van der Waals surface area contributed by atoms with Crippen LogP contribution in [0.15, 0.2) is 48.6 Å². The van der Waals surface area contributed by atoms with Gasteiger partial charge in [0.25, 0.3) is 0 Å². The molecule has 0 aliphatic carbocycles. The minimum atomic E-state index is -1.77. The summed E-state index contributed by atoms with van der Waals surface area (Å²) in [6.45, 7) is 2.54. The fourth-order valence-corrected chi connectivity index (χ4v) is 8.32. The van der Waals surface area contributed by atoms with Gasteiger partial charge in [0.05, 0.1) is 19.8 Å². The van der Waals surface area contributed by atoms with E-state index in [1.807, 2.05) is 0 Å². The second kappa shape index (κ2) is 41.9. The number of aliphatic hydroxyl groups is 7. The molecule has 0 amide bonds. The highest BCUT2D eigenvalue weighted by atomic mass is 16.7. The molecule has 0 radical (unpaired) electrons. The Morgan fingerprint density at radius 3 is 1.37 bits per heavy atom. The fraction of sp³-hybridized carbons (Fsp3) is 0.818. The van der Waals surface area contributed by atoms with Crippen LogP contribution < -0.4 is 0 Å². The smallest absolute Gasteiger partial charge is 0.306 e. The highest BCUT2D eigenvalue weighted by molar-refractivity contribution is 5.70.